The fourth-order valence-corrected chi connectivity index (χ4v) is 1.81. The van der Waals surface area contributed by atoms with Crippen LogP contribution in [0.4, 0.5) is 4.79 Å². The summed E-state index contributed by atoms with van der Waals surface area (Å²) in [6, 6.07) is 1.82. The average Bonchev–Trinajstić information content (AvgIpc) is 2.53. The van der Waals surface area contributed by atoms with Gasteiger partial charge >= 0.3 is 5.97 Å². The Morgan fingerprint density at radius 2 is 2.50 bits per heavy atom. The van der Waals surface area contributed by atoms with Gasteiger partial charge in [0, 0.05) is 12.3 Å². The molecule has 1 saturated heterocycles. The number of carboxylic acids is 1. The van der Waals surface area contributed by atoms with Gasteiger partial charge in [0.25, 0.3) is 5.24 Å². The molecule has 5 nitrogen and oxygen atoms in total. The Hall–Kier alpha value is -1.48. The lowest BCUT2D eigenvalue weighted by molar-refractivity contribution is -0.136. The van der Waals surface area contributed by atoms with Crippen molar-refractivity contribution in [3.63, 3.8) is 0 Å². The summed E-state index contributed by atoms with van der Waals surface area (Å²) in [6.45, 7) is 0.475. The van der Waals surface area contributed by atoms with Crippen molar-refractivity contribution in [1.29, 1.82) is 5.26 Å². The fourth-order valence-electron chi connectivity index (χ4n) is 1.01. The van der Waals surface area contributed by atoms with Crippen LogP contribution in [0.2, 0.25) is 0 Å². The summed E-state index contributed by atoms with van der Waals surface area (Å²) >= 11 is 1.13. The van der Waals surface area contributed by atoms with E-state index in [0.29, 0.717) is 12.3 Å². The summed E-state index contributed by atoms with van der Waals surface area (Å²) < 4.78 is 0. The lowest BCUT2D eigenvalue weighted by Gasteiger charge is -2.11. The molecular formula is C8H8N2O3S. The van der Waals surface area contributed by atoms with Crippen LogP contribution >= 0.6 is 11.8 Å². The van der Waals surface area contributed by atoms with E-state index in [1.807, 2.05) is 6.07 Å². The van der Waals surface area contributed by atoms with Crippen molar-refractivity contribution in [1.82, 2.24) is 4.90 Å². The van der Waals surface area contributed by atoms with Crippen molar-refractivity contribution in [2.24, 2.45) is 0 Å². The molecule has 0 aromatic carbocycles. The Morgan fingerprint density at radius 1 is 1.79 bits per heavy atom. The van der Waals surface area contributed by atoms with Crippen LogP contribution in [-0.2, 0) is 4.79 Å². The maximum absolute atomic E-state index is 11.2. The molecule has 1 N–H and O–H groups in total. The van der Waals surface area contributed by atoms with Crippen LogP contribution in [0.15, 0.2) is 11.8 Å². The minimum atomic E-state index is -1.02. The molecule has 0 saturated carbocycles. The highest BCUT2D eigenvalue weighted by molar-refractivity contribution is 8.13. The second kappa shape index (κ2) is 4.67. The van der Waals surface area contributed by atoms with Crippen molar-refractivity contribution in [2.45, 2.75) is 6.42 Å². The molecule has 14 heavy (non-hydrogen) atoms. The number of hydrogen-bond acceptors (Lipinski definition) is 4. The largest absolute Gasteiger partial charge is 0.481 e. The standard InChI is InChI=1S/C8H8N2O3S/c9-5-6(1-2-7(11)12)10-3-4-14-8(10)13/h1H,2-4H2,(H,11,12)/b6-1+. The monoisotopic (exact) mass is 212 g/mol. The number of aliphatic carboxylic acids is 1. The number of allylic oxidation sites excluding steroid dienone is 1. The molecule has 1 aliphatic rings. The van der Waals surface area contributed by atoms with E-state index in [4.69, 9.17) is 10.4 Å². The molecule has 6 heteroatoms. The maximum Gasteiger partial charge on any atom is 0.307 e. The number of nitriles is 1. The zero-order valence-corrected chi connectivity index (χ0v) is 8.08. The van der Waals surface area contributed by atoms with Crippen LogP contribution in [0, 0.1) is 11.3 Å². The van der Waals surface area contributed by atoms with Crippen LogP contribution in [0.3, 0.4) is 0 Å². The number of carboxylic acid groups (broad SMARTS) is 1. The van der Waals surface area contributed by atoms with Gasteiger partial charge in [-0.25, -0.2) is 0 Å². The molecule has 0 aromatic heterocycles. The van der Waals surface area contributed by atoms with Crippen molar-refractivity contribution in [3.8, 4) is 6.07 Å². The zero-order chi connectivity index (χ0) is 10.6. The van der Waals surface area contributed by atoms with Gasteiger partial charge in [-0.2, -0.15) is 5.26 Å². The molecule has 0 bridgehead atoms. The minimum absolute atomic E-state index is 0.127. The van der Waals surface area contributed by atoms with E-state index in [-0.39, 0.29) is 17.4 Å². The number of hydrogen-bond donors (Lipinski definition) is 1. The number of carbonyl (C=O) groups is 2. The molecule has 0 radical (unpaired) electrons. The van der Waals surface area contributed by atoms with Crippen molar-refractivity contribution in [3.05, 3.63) is 11.8 Å². The number of amides is 1. The van der Waals surface area contributed by atoms with Crippen LogP contribution in [0.1, 0.15) is 6.42 Å². The summed E-state index contributed by atoms with van der Waals surface area (Å²) in [5, 5.41) is 16.9. The number of nitrogens with zero attached hydrogens (tertiary/aromatic N) is 2. The quantitative estimate of drug-likeness (QED) is 0.707. The Morgan fingerprint density at radius 3 is 2.93 bits per heavy atom. The van der Waals surface area contributed by atoms with Gasteiger partial charge in [0.1, 0.15) is 11.8 Å². The van der Waals surface area contributed by atoms with Gasteiger partial charge < -0.3 is 5.11 Å². The van der Waals surface area contributed by atoms with Crippen molar-refractivity contribution < 1.29 is 14.7 Å². The molecule has 0 unspecified atom stereocenters. The fraction of sp³-hybridized carbons (Fsp3) is 0.375. The molecule has 74 valence electrons. The summed E-state index contributed by atoms with van der Waals surface area (Å²) in [4.78, 5) is 22.7. The molecule has 1 rings (SSSR count). The highest BCUT2D eigenvalue weighted by atomic mass is 32.2. The predicted octanol–water partition coefficient (Wildman–Crippen LogP) is 1.04. The molecule has 0 spiro atoms. The lowest BCUT2D eigenvalue weighted by Crippen LogP contribution is -2.21. The summed E-state index contributed by atoms with van der Waals surface area (Å²) in [6.07, 6.45) is 1.02. The Kier molecular flexibility index (Phi) is 3.54. The van der Waals surface area contributed by atoms with Crippen LogP contribution < -0.4 is 0 Å². The molecule has 1 amide bonds. The molecule has 0 aromatic rings. The first kappa shape index (κ1) is 10.6. The second-order valence-corrected chi connectivity index (χ2v) is 3.61. The Labute approximate surface area is 85.0 Å². The van der Waals surface area contributed by atoms with Gasteiger partial charge in [-0.1, -0.05) is 11.8 Å². The first-order valence-electron chi connectivity index (χ1n) is 3.91. The maximum atomic E-state index is 11.2. The third-order valence-electron chi connectivity index (χ3n) is 1.64. The van der Waals surface area contributed by atoms with E-state index >= 15 is 0 Å². The van der Waals surface area contributed by atoms with Gasteiger partial charge in [0.15, 0.2) is 0 Å². The van der Waals surface area contributed by atoms with E-state index in [1.54, 1.807) is 0 Å². The molecular weight excluding hydrogens is 204 g/mol. The Bertz CT molecular complexity index is 332. The Balaban J connectivity index is 2.71. The normalized spacial score (nSPS) is 16.9. The first-order valence-corrected chi connectivity index (χ1v) is 4.90. The molecule has 1 heterocycles. The number of thioether (sulfide) groups is 1. The van der Waals surface area contributed by atoms with Crippen LogP contribution in [0.25, 0.3) is 0 Å². The summed E-state index contributed by atoms with van der Waals surface area (Å²) in [5.74, 6) is -0.373. The van der Waals surface area contributed by atoms with E-state index in [0.717, 1.165) is 11.8 Å². The highest BCUT2D eigenvalue weighted by Gasteiger charge is 2.24. The van der Waals surface area contributed by atoms with Gasteiger partial charge in [-0.15, -0.1) is 0 Å². The molecule has 0 aliphatic carbocycles. The first-order chi connectivity index (χ1) is 6.65. The molecule has 0 atom stereocenters. The van der Waals surface area contributed by atoms with Gasteiger partial charge in [0.2, 0.25) is 0 Å². The third kappa shape index (κ3) is 2.50. The molecule has 1 fully saturated rings. The van der Waals surface area contributed by atoms with Gasteiger partial charge in [0.05, 0.1) is 6.42 Å². The van der Waals surface area contributed by atoms with E-state index in [1.165, 1.54) is 11.0 Å². The SMILES string of the molecule is N#C/C(=C\CC(=O)O)N1CCSC1=O. The average molecular weight is 212 g/mol. The van der Waals surface area contributed by atoms with E-state index in [2.05, 4.69) is 0 Å². The summed E-state index contributed by atoms with van der Waals surface area (Å²) in [5.41, 5.74) is 0.127. The number of rotatable bonds is 3. The number of carbonyl (C=O) groups excluding carboxylic acids is 1. The summed E-state index contributed by atoms with van der Waals surface area (Å²) in [7, 11) is 0. The minimum Gasteiger partial charge on any atom is -0.481 e. The zero-order valence-electron chi connectivity index (χ0n) is 7.27. The van der Waals surface area contributed by atoms with Gasteiger partial charge in [-0.3, -0.25) is 14.5 Å². The third-order valence-corrected chi connectivity index (χ3v) is 2.49. The van der Waals surface area contributed by atoms with Crippen LogP contribution in [0.5, 0.6) is 0 Å². The van der Waals surface area contributed by atoms with Crippen molar-refractivity contribution in [2.75, 3.05) is 12.3 Å². The van der Waals surface area contributed by atoms with E-state index in [9.17, 15) is 9.59 Å². The smallest absolute Gasteiger partial charge is 0.307 e. The van der Waals surface area contributed by atoms with Crippen molar-refractivity contribution >= 4 is 23.0 Å². The second-order valence-electron chi connectivity index (χ2n) is 2.57. The van der Waals surface area contributed by atoms with Crippen LogP contribution in [-0.4, -0.2) is 33.5 Å². The topological polar surface area (TPSA) is 81.4 Å². The van der Waals surface area contributed by atoms with E-state index < -0.39 is 5.97 Å². The highest BCUT2D eigenvalue weighted by Crippen LogP contribution is 2.21. The predicted molar refractivity (Wildman–Crippen MR) is 50.5 cm³/mol. The van der Waals surface area contributed by atoms with Gasteiger partial charge in [-0.05, 0) is 6.08 Å². The molecule has 1 aliphatic heterocycles. The lowest BCUT2D eigenvalue weighted by atomic mass is 10.3.